The molecule has 0 bridgehead atoms. The van der Waals surface area contributed by atoms with E-state index in [9.17, 15) is 0 Å². The summed E-state index contributed by atoms with van der Waals surface area (Å²) in [5.74, 6) is 0.879. The van der Waals surface area contributed by atoms with Crippen LogP contribution in [0.2, 0.25) is 0 Å². The zero-order valence-corrected chi connectivity index (χ0v) is 11.2. The zero-order chi connectivity index (χ0) is 12.4. The largest absolute Gasteiger partial charge is 0.277 e. The Morgan fingerprint density at radius 2 is 1.94 bits per heavy atom. The van der Waals surface area contributed by atoms with Crippen LogP contribution in [0.4, 0.5) is 0 Å². The molecule has 1 N–H and O–H groups in total. The van der Waals surface area contributed by atoms with Gasteiger partial charge in [0.1, 0.15) is 10.4 Å². The lowest BCUT2D eigenvalue weighted by atomic mass is 10.1. The van der Waals surface area contributed by atoms with Crippen molar-refractivity contribution in [2.45, 2.75) is 12.8 Å². The van der Waals surface area contributed by atoms with Crippen molar-refractivity contribution in [2.75, 3.05) is 0 Å². The van der Waals surface area contributed by atoms with Crippen LogP contribution in [-0.4, -0.2) is 20.2 Å². The molecule has 4 nitrogen and oxygen atoms in total. The summed E-state index contributed by atoms with van der Waals surface area (Å²) in [4.78, 5) is 8.45. The molecule has 0 atom stereocenters. The highest BCUT2D eigenvalue weighted by atomic mass is 79.9. The molecule has 3 aromatic rings. The van der Waals surface area contributed by atoms with Gasteiger partial charge in [0.05, 0.1) is 5.52 Å². The highest BCUT2D eigenvalue weighted by Crippen LogP contribution is 2.22. The number of rotatable bonds is 3. The number of nitrogens with zero attached hydrogens (tertiary/aromatic N) is 3. The summed E-state index contributed by atoms with van der Waals surface area (Å²) in [6.45, 7) is 0. The normalized spacial score (nSPS) is 10.9. The summed E-state index contributed by atoms with van der Waals surface area (Å²) >= 11 is 3.43. The van der Waals surface area contributed by atoms with Crippen molar-refractivity contribution in [3.05, 3.63) is 52.7 Å². The molecule has 0 radical (unpaired) electrons. The molecule has 2 heterocycles. The van der Waals surface area contributed by atoms with Crippen molar-refractivity contribution >= 4 is 26.8 Å². The summed E-state index contributed by atoms with van der Waals surface area (Å²) in [5.41, 5.74) is 2.30. The van der Waals surface area contributed by atoms with Gasteiger partial charge in [0, 0.05) is 24.2 Å². The lowest BCUT2D eigenvalue weighted by Gasteiger charge is -2.01. The Labute approximate surface area is 113 Å². The van der Waals surface area contributed by atoms with Crippen molar-refractivity contribution in [3.8, 4) is 0 Å². The smallest absolute Gasteiger partial charge is 0.135 e. The van der Waals surface area contributed by atoms with Crippen LogP contribution in [0.3, 0.4) is 0 Å². The van der Waals surface area contributed by atoms with E-state index in [1.807, 2.05) is 12.1 Å². The maximum Gasteiger partial charge on any atom is 0.135 e. The second kappa shape index (κ2) is 4.86. The van der Waals surface area contributed by atoms with Gasteiger partial charge in [0.15, 0.2) is 0 Å². The minimum atomic E-state index is 0.849. The van der Waals surface area contributed by atoms with Crippen LogP contribution in [0, 0.1) is 0 Å². The monoisotopic (exact) mass is 302 g/mol. The third-order valence-corrected chi connectivity index (χ3v) is 3.44. The summed E-state index contributed by atoms with van der Waals surface area (Å²) in [5, 5.41) is 8.20. The predicted octanol–water partition coefficient (Wildman–Crippen LogP) is 2.90. The Kier molecular flexibility index (Phi) is 3.06. The SMILES string of the molecule is Brc1n[nH]c2ccc(CCc3ncccn3)cc12. The van der Waals surface area contributed by atoms with Crippen LogP contribution >= 0.6 is 15.9 Å². The molecule has 18 heavy (non-hydrogen) atoms. The molecule has 0 amide bonds. The Morgan fingerprint density at radius 3 is 2.78 bits per heavy atom. The summed E-state index contributed by atoms with van der Waals surface area (Å²) in [6.07, 6.45) is 5.33. The number of benzene rings is 1. The topological polar surface area (TPSA) is 54.5 Å². The Balaban J connectivity index is 1.80. The number of H-pyrrole nitrogens is 1. The molecule has 2 aromatic heterocycles. The third-order valence-electron chi connectivity index (χ3n) is 2.84. The minimum absolute atomic E-state index is 0.849. The zero-order valence-electron chi connectivity index (χ0n) is 9.60. The van der Waals surface area contributed by atoms with E-state index in [1.165, 1.54) is 5.56 Å². The molecule has 0 aliphatic heterocycles. The molecule has 1 aromatic carbocycles. The number of nitrogens with one attached hydrogen (secondary N) is 1. The summed E-state index contributed by atoms with van der Waals surface area (Å²) < 4.78 is 0.857. The fourth-order valence-electron chi connectivity index (χ4n) is 1.90. The number of hydrogen-bond acceptors (Lipinski definition) is 3. The average Bonchev–Trinajstić information content (AvgIpc) is 2.79. The second-order valence-electron chi connectivity index (χ2n) is 4.06. The molecule has 90 valence electrons. The molecule has 3 rings (SSSR count). The summed E-state index contributed by atoms with van der Waals surface area (Å²) in [6, 6.07) is 8.13. The van der Waals surface area contributed by atoms with E-state index in [0.717, 1.165) is 34.2 Å². The molecule has 0 spiro atoms. The Hall–Kier alpha value is -1.75. The van der Waals surface area contributed by atoms with Gasteiger partial charge in [0.25, 0.3) is 0 Å². The van der Waals surface area contributed by atoms with Gasteiger partial charge in [-0.2, -0.15) is 5.10 Å². The number of hydrogen-bond donors (Lipinski definition) is 1. The van der Waals surface area contributed by atoms with Crippen molar-refractivity contribution in [3.63, 3.8) is 0 Å². The maximum atomic E-state index is 4.22. The first-order chi connectivity index (χ1) is 8.83. The van der Waals surface area contributed by atoms with E-state index in [-0.39, 0.29) is 0 Å². The Bertz CT molecular complexity index is 663. The first-order valence-electron chi connectivity index (χ1n) is 5.71. The quantitative estimate of drug-likeness (QED) is 0.809. The first-order valence-corrected chi connectivity index (χ1v) is 6.50. The van der Waals surface area contributed by atoms with Gasteiger partial charge in [0.2, 0.25) is 0 Å². The molecular formula is C13H11BrN4. The molecule has 0 saturated heterocycles. The summed E-state index contributed by atoms with van der Waals surface area (Å²) in [7, 11) is 0. The van der Waals surface area contributed by atoms with Crippen LogP contribution < -0.4 is 0 Å². The fraction of sp³-hybridized carbons (Fsp3) is 0.154. The first kappa shape index (κ1) is 11.3. The Morgan fingerprint density at radius 1 is 1.11 bits per heavy atom. The van der Waals surface area contributed by atoms with E-state index in [2.05, 4.69) is 48.2 Å². The second-order valence-corrected chi connectivity index (χ2v) is 4.81. The van der Waals surface area contributed by atoms with E-state index in [4.69, 9.17) is 0 Å². The molecule has 0 unspecified atom stereocenters. The van der Waals surface area contributed by atoms with Gasteiger partial charge in [-0.3, -0.25) is 5.10 Å². The van der Waals surface area contributed by atoms with Gasteiger partial charge >= 0.3 is 0 Å². The van der Waals surface area contributed by atoms with Gasteiger partial charge < -0.3 is 0 Å². The van der Waals surface area contributed by atoms with Gasteiger partial charge in [-0.25, -0.2) is 9.97 Å². The number of aromatic nitrogens is 4. The molecule has 0 aliphatic rings. The highest BCUT2D eigenvalue weighted by Gasteiger charge is 2.04. The van der Waals surface area contributed by atoms with Gasteiger partial charge in [-0.1, -0.05) is 6.07 Å². The fourth-order valence-corrected chi connectivity index (χ4v) is 2.32. The van der Waals surface area contributed by atoms with Crippen molar-refractivity contribution in [2.24, 2.45) is 0 Å². The number of aryl methyl sites for hydroxylation is 2. The number of fused-ring (bicyclic) bond motifs is 1. The van der Waals surface area contributed by atoms with E-state index < -0.39 is 0 Å². The molecule has 0 fully saturated rings. The van der Waals surface area contributed by atoms with Crippen LogP contribution in [0.1, 0.15) is 11.4 Å². The standard InChI is InChI=1S/C13H11BrN4/c14-13-10-8-9(2-4-11(10)17-18-13)3-5-12-15-6-1-7-16-12/h1-2,4,6-8H,3,5H2,(H,17,18). The van der Waals surface area contributed by atoms with E-state index in [0.29, 0.717) is 0 Å². The van der Waals surface area contributed by atoms with Crippen LogP contribution in [-0.2, 0) is 12.8 Å². The highest BCUT2D eigenvalue weighted by molar-refractivity contribution is 9.10. The van der Waals surface area contributed by atoms with Crippen molar-refractivity contribution < 1.29 is 0 Å². The van der Waals surface area contributed by atoms with Crippen LogP contribution in [0.5, 0.6) is 0 Å². The maximum absolute atomic E-state index is 4.22. The van der Waals surface area contributed by atoms with Crippen LogP contribution in [0.15, 0.2) is 41.3 Å². The minimum Gasteiger partial charge on any atom is -0.277 e. The van der Waals surface area contributed by atoms with Crippen LogP contribution in [0.25, 0.3) is 10.9 Å². The molecular weight excluding hydrogens is 292 g/mol. The lowest BCUT2D eigenvalue weighted by molar-refractivity contribution is 0.858. The van der Waals surface area contributed by atoms with Gasteiger partial charge in [-0.05, 0) is 46.1 Å². The average molecular weight is 303 g/mol. The molecule has 0 saturated carbocycles. The van der Waals surface area contributed by atoms with Crippen molar-refractivity contribution in [1.29, 1.82) is 0 Å². The molecule has 0 aliphatic carbocycles. The molecule has 5 heteroatoms. The lowest BCUT2D eigenvalue weighted by Crippen LogP contribution is -1.96. The van der Waals surface area contributed by atoms with Gasteiger partial charge in [-0.15, -0.1) is 0 Å². The van der Waals surface area contributed by atoms with E-state index in [1.54, 1.807) is 12.4 Å². The number of aromatic amines is 1. The number of halogens is 1. The third kappa shape index (κ3) is 2.26. The predicted molar refractivity (Wildman–Crippen MR) is 73.2 cm³/mol. The van der Waals surface area contributed by atoms with E-state index >= 15 is 0 Å². The van der Waals surface area contributed by atoms with Crippen molar-refractivity contribution in [1.82, 2.24) is 20.2 Å².